The number of nitrogens with zero attached hydrogens (tertiary/aromatic N) is 2. The number of rotatable bonds is 5. The van der Waals surface area contributed by atoms with Gasteiger partial charge in [-0.25, -0.2) is 0 Å². The largest absolute Gasteiger partial charge is 0.465 e. The molecule has 0 fully saturated rings. The lowest BCUT2D eigenvalue weighted by atomic mass is 10.2. The van der Waals surface area contributed by atoms with Crippen molar-refractivity contribution in [3.63, 3.8) is 0 Å². The molecule has 0 aliphatic rings. The molecule has 1 N–H and O–H groups in total. The summed E-state index contributed by atoms with van der Waals surface area (Å²) in [6.07, 6.45) is 7.82. The lowest BCUT2D eigenvalue weighted by Gasteiger charge is -1.99. The monoisotopic (exact) mass is 265 g/mol. The van der Waals surface area contributed by atoms with Crippen molar-refractivity contribution in [2.24, 2.45) is 4.99 Å². The Morgan fingerprint density at radius 1 is 1.25 bits per heavy atom. The maximum absolute atomic E-state index is 8.71. The number of furan rings is 1. The number of nitriles is 1. The lowest BCUT2D eigenvalue weighted by Crippen LogP contribution is -2.15. The summed E-state index contributed by atoms with van der Waals surface area (Å²) in [5.41, 5.74) is 1.22. The van der Waals surface area contributed by atoms with Crippen LogP contribution >= 0.6 is 0 Å². The summed E-state index contributed by atoms with van der Waals surface area (Å²) in [5.74, 6) is 1.25. The second-order valence-corrected chi connectivity index (χ2v) is 4.09. The lowest BCUT2D eigenvalue weighted by molar-refractivity contribution is 0.557. The highest BCUT2D eigenvalue weighted by Gasteiger charge is 1.95. The number of hydrogen-bond acceptors (Lipinski definition) is 3. The van der Waals surface area contributed by atoms with Gasteiger partial charge in [-0.05, 0) is 36.3 Å². The van der Waals surface area contributed by atoms with Crippen molar-refractivity contribution in [3.05, 3.63) is 66.1 Å². The van der Waals surface area contributed by atoms with Crippen LogP contribution < -0.4 is 5.32 Å². The molecule has 1 heterocycles. The first-order valence-electron chi connectivity index (χ1n) is 6.33. The molecule has 2 aromatic rings. The van der Waals surface area contributed by atoms with Crippen LogP contribution in [0.3, 0.4) is 0 Å². The van der Waals surface area contributed by atoms with Crippen molar-refractivity contribution in [2.75, 3.05) is 6.54 Å². The van der Waals surface area contributed by atoms with E-state index in [-0.39, 0.29) is 0 Å². The summed E-state index contributed by atoms with van der Waals surface area (Å²) in [4.78, 5) is 4.36. The number of amidine groups is 1. The average Bonchev–Trinajstić information content (AvgIpc) is 2.99. The molecule has 2 rings (SSSR count). The SMILES string of the molecule is N#CNC(/C=C/c1ccco1)=NCCc1ccccc1. The molecule has 0 saturated carbocycles. The van der Waals surface area contributed by atoms with Gasteiger partial charge in [0, 0.05) is 6.54 Å². The highest BCUT2D eigenvalue weighted by atomic mass is 16.3. The molecule has 100 valence electrons. The molecule has 4 heteroatoms. The van der Waals surface area contributed by atoms with E-state index in [9.17, 15) is 0 Å². The zero-order valence-corrected chi connectivity index (χ0v) is 11.0. The maximum Gasteiger partial charge on any atom is 0.182 e. The first kappa shape index (κ1) is 13.6. The summed E-state index contributed by atoms with van der Waals surface area (Å²) in [7, 11) is 0. The van der Waals surface area contributed by atoms with Gasteiger partial charge in [-0.15, -0.1) is 0 Å². The van der Waals surface area contributed by atoms with E-state index in [1.54, 1.807) is 18.4 Å². The van der Waals surface area contributed by atoms with Crippen LogP contribution in [0.15, 0.2) is 64.2 Å². The topological polar surface area (TPSA) is 61.3 Å². The summed E-state index contributed by atoms with van der Waals surface area (Å²) >= 11 is 0. The third-order valence-corrected chi connectivity index (χ3v) is 2.66. The molecule has 0 atom stereocenters. The van der Waals surface area contributed by atoms with E-state index in [1.165, 1.54) is 5.56 Å². The first-order valence-corrected chi connectivity index (χ1v) is 6.33. The summed E-state index contributed by atoms with van der Waals surface area (Å²) in [6.45, 7) is 0.622. The zero-order chi connectivity index (χ0) is 14.0. The Kier molecular flexibility index (Phi) is 5.17. The molecule has 0 aliphatic heterocycles. The smallest absolute Gasteiger partial charge is 0.182 e. The van der Waals surface area contributed by atoms with E-state index in [1.807, 2.05) is 36.5 Å². The van der Waals surface area contributed by atoms with Crippen LogP contribution in [0.1, 0.15) is 11.3 Å². The van der Waals surface area contributed by atoms with Crippen molar-refractivity contribution in [3.8, 4) is 6.19 Å². The van der Waals surface area contributed by atoms with Gasteiger partial charge < -0.3 is 4.42 Å². The van der Waals surface area contributed by atoms with Gasteiger partial charge in [0.25, 0.3) is 0 Å². The third kappa shape index (κ3) is 4.46. The highest BCUT2D eigenvalue weighted by Crippen LogP contribution is 2.03. The number of benzene rings is 1. The fourth-order valence-corrected chi connectivity index (χ4v) is 1.69. The molecule has 1 aromatic heterocycles. The molecule has 0 saturated heterocycles. The number of nitrogens with one attached hydrogen (secondary N) is 1. The van der Waals surface area contributed by atoms with E-state index in [0.717, 1.165) is 12.2 Å². The second kappa shape index (κ2) is 7.59. The van der Waals surface area contributed by atoms with Gasteiger partial charge >= 0.3 is 0 Å². The molecule has 0 unspecified atom stereocenters. The molecular formula is C16H15N3O. The van der Waals surface area contributed by atoms with Crippen molar-refractivity contribution in [1.29, 1.82) is 5.26 Å². The van der Waals surface area contributed by atoms with Crippen molar-refractivity contribution in [2.45, 2.75) is 6.42 Å². The predicted molar refractivity (Wildman–Crippen MR) is 78.9 cm³/mol. The zero-order valence-electron chi connectivity index (χ0n) is 11.0. The van der Waals surface area contributed by atoms with Gasteiger partial charge in [-0.3, -0.25) is 10.3 Å². The van der Waals surface area contributed by atoms with Gasteiger partial charge in [-0.1, -0.05) is 30.3 Å². The third-order valence-electron chi connectivity index (χ3n) is 2.66. The maximum atomic E-state index is 8.71. The van der Waals surface area contributed by atoms with Gasteiger partial charge in [0.2, 0.25) is 0 Å². The van der Waals surface area contributed by atoms with Gasteiger partial charge in [-0.2, -0.15) is 5.26 Å². The van der Waals surface area contributed by atoms with Gasteiger partial charge in [0.15, 0.2) is 6.19 Å². The number of aliphatic imine (C=N–C) groups is 1. The normalized spacial score (nSPS) is 11.4. The first-order chi connectivity index (χ1) is 9.88. The number of hydrogen-bond donors (Lipinski definition) is 1. The highest BCUT2D eigenvalue weighted by molar-refractivity contribution is 5.97. The van der Waals surface area contributed by atoms with Crippen LogP contribution in [0, 0.1) is 11.5 Å². The Morgan fingerprint density at radius 2 is 2.10 bits per heavy atom. The van der Waals surface area contributed by atoms with E-state index in [0.29, 0.717) is 12.4 Å². The van der Waals surface area contributed by atoms with E-state index >= 15 is 0 Å². The summed E-state index contributed by atoms with van der Waals surface area (Å²) in [5, 5.41) is 11.3. The summed E-state index contributed by atoms with van der Waals surface area (Å²) in [6, 6.07) is 13.8. The molecule has 4 nitrogen and oxygen atoms in total. The molecule has 1 aromatic carbocycles. The molecule has 0 radical (unpaired) electrons. The summed E-state index contributed by atoms with van der Waals surface area (Å²) < 4.78 is 5.18. The van der Waals surface area contributed by atoms with Gasteiger partial charge in [0.1, 0.15) is 11.6 Å². The van der Waals surface area contributed by atoms with Crippen LogP contribution in [0.2, 0.25) is 0 Å². The minimum absolute atomic E-state index is 0.528. The Morgan fingerprint density at radius 3 is 2.80 bits per heavy atom. The molecular weight excluding hydrogens is 250 g/mol. The molecule has 0 bridgehead atoms. The van der Waals surface area contributed by atoms with E-state index in [4.69, 9.17) is 9.68 Å². The van der Waals surface area contributed by atoms with Crippen LogP contribution in [0.5, 0.6) is 0 Å². The Labute approximate surface area is 118 Å². The molecule has 0 aliphatic carbocycles. The Bertz CT molecular complexity index is 607. The van der Waals surface area contributed by atoms with Crippen LogP contribution in [0.4, 0.5) is 0 Å². The van der Waals surface area contributed by atoms with Gasteiger partial charge in [0.05, 0.1) is 6.26 Å². The minimum Gasteiger partial charge on any atom is -0.465 e. The molecule has 0 amide bonds. The second-order valence-electron chi connectivity index (χ2n) is 4.09. The molecule has 20 heavy (non-hydrogen) atoms. The van der Waals surface area contributed by atoms with Crippen LogP contribution in [0.25, 0.3) is 6.08 Å². The molecule has 0 spiro atoms. The van der Waals surface area contributed by atoms with E-state index < -0.39 is 0 Å². The fraction of sp³-hybridized carbons (Fsp3) is 0.125. The fourth-order valence-electron chi connectivity index (χ4n) is 1.69. The standard InChI is InChI=1S/C16H15N3O/c17-13-19-16(9-8-15-7-4-12-20-15)18-11-10-14-5-2-1-3-6-14/h1-9,12H,10-11H2,(H,18,19)/b9-8+. The minimum atomic E-state index is 0.528. The van der Waals surface area contributed by atoms with Crippen molar-refractivity contribution < 1.29 is 4.42 Å². The van der Waals surface area contributed by atoms with Crippen molar-refractivity contribution in [1.82, 2.24) is 5.32 Å². The van der Waals surface area contributed by atoms with Crippen LogP contribution in [-0.4, -0.2) is 12.4 Å². The van der Waals surface area contributed by atoms with Crippen molar-refractivity contribution >= 4 is 11.9 Å². The average molecular weight is 265 g/mol. The quantitative estimate of drug-likeness (QED) is 0.391. The van der Waals surface area contributed by atoms with Crippen LogP contribution in [-0.2, 0) is 6.42 Å². The van der Waals surface area contributed by atoms with E-state index in [2.05, 4.69) is 22.4 Å². The predicted octanol–water partition coefficient (Wildman–Crippen LogP) is 3.00. The Balaban J connectivity index is 1.94. The Hall–Kier alpha value is -2.80.